The quantitative estimate of drug-likeness (QED) is 0.333. The van der Waals surface area contributed by atoms with Gasteiger partial charge in [0.05, 0.1) is 13.1 Å². The second kappa shape index (κ2) is 9.64. The van der Waals surface area contributed by atoms with Crippen LogP contribution in [0.25, 0.3) is 0 Å². The normalized spacial score (nSPS) is 19.6. The van der Waals surface area contributed by atoms with Crippen molar-refractivity contribution in [3.63, 3.8) is 0 Å². The maximum Gasteiger partial charge on any atom is 0.401 e. The maximum atomic E-state index is 12.4. The molecule has 1 atom stereocenters. The van der Waals surface area contributed by atoms with Gasteiger partial charge in [0.1, 0.15) is 0 Å². The molecule has 0 aromatic heterocycles. The summed E-state index contributed by atoms with van der Waals surface area (Å²) in [5, 5.41) is 8.72. The molecule has 24 heavy (non-hydrogen) atoms. The Bertz CT molecular complexity index is 437. The summed E-state index contributed by atoms with van der Waals surface area (Å²) in [5.41, 5.74) is -0.320. The van der Waals surface area contributed by atoms with Gasteiger partial charge in [-0.25, -0.2) is 0 Å². The van der Waals surface area contributed by atoms with E-state index in [0.717, 1.165) is 0 Å². The molecule has 10 heteroatoms. The van der Waals surface area contributed by atoms with Gasteiger partial charge in [-0.2, -0.15) is 13.2 Å². The highest BCUT2D eigenvalue weighted by molar-refractivity contribution is 14.0. The first-order chi connectivity index (χ1) is 10.5. The molecule has 0 aromatic rings. The predicted molar refractivity (Wildman–Crippen MR) is 98.7 cm³/mol. The monoisotopic (exact) mass is 465 g/mol. The van der Waals surface area contributed by atoms with Crippen molar-refractivity contribution in [3.05, 3.63) is 0 Å². The Morgan fingerprint density at radius 1 is 1.29 bits per heavy atom. The van der Waals surface area contributed by atoms with Crippen molar-refractivity contribution >= 4 is 35.8 Å². The van der Waals surface area contributed by atoms with Crippen molar-refractivity contribution in [2.45, 2.75) is 44.9 Å². The fourth-order valence-corrected chi connectivity index (χ4v) is 2.36. The average molecular weight is 465 g/mol. The largest absolute Gasteiger partial charge is 0.401 e. The van der Waals surface area contributed by atoms with Crippen molar-refractivity contribution in [1.82, 2.24) is 20.9 Å². The number of rotatable bonds is 4. The van der Waals surface area contributed by atoms with E-state index >= 15 is 0 Å². The lowest BCUT2D eigenvalue weighted by atomic mass is 10.1. The maximum absolute atomic E-state index is 12.4. The summed E-state index contributed by atoms with van der Waals surface area (Å²) in [6, 6.07) is -0.116. The lowest BCUT2D eigenvalue weighted by Gasteiger charge is -2.22. The molecule has 1 saturated heterocycles. The summed E-state index contributed by atoms with van der Waals surface area (Å²) < 4.78 is 37.1. The third kappa shape index (κ3) is 10.2. The number of hydrogen-bond donors (Lipinski definition) is 3. The summed E-state index contributed by atoms with van der Waals surface area (Å²) in [5.74, 6) is 0.235. The number of aliphatic imine (C=N–C) groups is 1. The highest BCUT2D eigenvalue weighted by Gasteiger charge is 2.34. The second-order valence-electron chi connectivity index (χ2n) is 6.70. The Morgan fingerprint density at radius 2 is 1.92 bits per heavy atom. The van der Waals surface area contributed by atoms with Crippen LogP contribution < -0.4 is 16.0 Å². The van der Waals surface area contributed by atoms with E-state index in [9.17, 15) is 18.0 Å². The van der Waals surface area contributed by atoms with Crippen LogP contribution in [0.15, 0.2) is 4.99 Å². The minimum atomic E-state index is -4.18. The molecule has 0 radical (unpaired) electrons. The molecule has 1 aliphatic heterocycles. The van der Waals surface area contributed by atoms with Gasteiger partial charge in [0.15, 0.2) is 5.96 Å². The van der Waals surface area contributed by atoms with E-state index in [1.54, 1.807) is 7.05 Å². The number of amides is 1. The molecule has 1 amide bonds. The molecule has 6 nitrogen and oxygen atoms in total. The highest BCUT2D eigenvalue weighted by Crippen LogP contribution is 2.19. The van der Waals surface area contributed by atoms with E-state index in [1.807, 2.05) is 20.8 Å². The first kappa shape index (κ1) is 23.2. The zero-order valence-corrected chi connectivity index (χ0v) is 16.8. The topological polar surface area (TPSA) is 68.8 Å². The van der Waals surface area contributed by atoms with Crippen LogP contribution in [0.3, 0.4) is 0 Å². The fraction of sp³-hybridized carbons (Fsp3) is 0.857. The van der Waals surface area contributed by atoms with Crippen LogP contribution in [0.4, 0.5) is 13.2 Å². The molecule has 0 aliphatic carbocycles. The Kier molecular flexibility index (Phi) is 9.32. The Balaban J connectivity index is 0.00000529. The zero-order chi connectivity index (χ0) is 17.7. The van der Waals surface area contributed by atoms with E-state index < -0.39 is 12.7 Å². The smallest absolute Gasteiger partial charge is 0.352 e. The summed E-state index contributed by atoms with van der Waals surface area (Å²) >= 11 is 0. The van der Waals surface area contributed by atoms with Crippen LogP contribution >= 0.6 is 24.0 Å². The van der Waals surface area contributed by atoms with Crippen LogP contribution in [0.2, 0.25) is 0 Å². The Morgan fingerprint density at radius 3 is 2.42 bits per heavy atom. The third-order valence-corrected chi connectivity index (χ3v) is 3.17. The van der Waals surface area contributed by atoms with Crippen LogP contribution in [-0.4, -0.2) is 67.8 Å². The van der Waals surface area contributed by atoms with E-state index in [0.29, 0.717) is 25.5 Å². The van der Waals surface area contributed by atoms with Crippen molar-refractivity contribution in [1.29, 1.82) is 0 Å². The number of alkyl halides is 3. The molecule has 1 unspecified atom stereocenters. The number of halogens is 4. The lowest BCUT2D eigenvalue weighted by Crippen LogP contribution is -2.50. The predicted octanol–water partition coefficient (Wildman–Crippen LogP) is 1.32. The van der Waals surface area contributed by atoms with Crippen molar-refractivity contribution in [3.8, 4) is 0 Å². The number of nitrogens with one attached hydrogen (secondary N) is 3. The molecule has 0 bridgehead atoms. The van der Waals surface area contributed by atoms with E-state index in [2.05, 4.69) is 20.9 Å². The van der Waals surface area contributed by atoms with Crippen molar-refractivity contribution < 1.29 is 18.0 Å². The number of nitrogens with zero attached hydrogens (tertiary/aromatic N) is 2. The van der Waals surface area contributed by atoms with E-state index in [-0.39, 0.29) is 48.0 Å². The fourth-order valence-electron chi connectivity index (χ4n) is 2.36. The van der Waals surface area contributed by atoms with E-state index in [1.165, 1.54) is 4.90 Å². The zero-order valence-electron chi connectivity index (χ0n) is 14.5. The minimum Gasteiger partial charge on any atom is -0.352 e. The van der Waals surface area contributed by atoms with Gasteiger partial charge in [0.25, 0.3) is 0 Å². The molecule has 1 rings (SSSR count). The van der Waals surface area contributed by atoms with E-state index in [4.69, 9.17) is 0 Å². The van der Waals surface area contributed by atoms with Gasteiger partial charge in [-0.1, -0.05) is 0 Å². The van der Waals surface area contributed by atoms with Gasteiger partial charge < -0.3 is 16.0 Å². The number of carbonyl (C=O) groups excluding carboxylic acids is 1. The van der Waals surface area contributed by atoms with Crippen LogP contribution in [0.1, 0.15) is 27.2 Å². The number of likely N-dealkylation sites (tertiary alicyclic amines) is 1. The Hall–Kier alpha value is -0.780. The van der Waals surface area contributed by atoms with Gasteiger partial charge in [-0.15, -0.1) is 24.0 Å². The van der Waals surface area contributed by atoms with Gasteiger partial charge in [-0.05, 0) is 27.2 Å². The second-order valence-corrected chi connectivity index (χ2v) is 6.70. The van der Waals surface area contributed by atoms with Gasteiger partial charge in [0.2, 0.25) is 5.91 Å². The van der Waals surface area contributed by atoms with Gasteiger partial charge in [0, 0.05) is 31.7 Å². The molecule has 1 fully saturated rings. The number of carbonyl (C=O) groups is 1. The van der Waals surface area contributed by atoms with Crippen LogP contribution in [-0.2, 0) is 4.79 Å². The summed E-state index contributed by atoms with van der Waals surface area (Å²) in [6.45, 7) is 5.48. The minimum absolute atomic E-state index is 0. The van der Waals surface area contributed by atoms with Crippen molar-refractivity contribution in [2.24, 2.45) is 4.99 Å². The van der Waals surface area contributed by atoms with Gasteiger partial charge in [-0.3, -0.25) is 14.7 Å². The Labute approximate surface area is 158 Å². The molecular formula is C14H27F3IN5O. The molecule has 1 aliphatic rings. The summed E-state index contributed by atoms with van der Waals surface area (Å²) in [7, 11) is 1.55. The standard InChI is InChI=1S/C14H26F3N5O.HI/c1-13(2,3)21-11(23)7-19-12(18-4)20-10-5-6-22(8-10)9-14(15,16)17;/h10H,5-9H2,1-4H3,(H,21,23)(H2,18,19,20);1H. The third-order valence-electron chi connectivity index (χ3n) is 3.17. The summed E-state index contributed by atoms with van der Waals surface area (Å²) in [6.07, 6.45) is -3.58. The first-order valence-electron chi connectivity index (χ1n) is 7.56. The molecule has 1 heterocycles. The highest BCUT2D eigenvalue weighted by atomic mass is 127. The first-order valence-corrected chi connectivity index (χ1v) is 7.56. The molecule has 3 N–H and O–H groups in total. The molecule has 0 spiro atoms. The number of hydrogen-bond acceptors (Lipinski definition) is 3. The SMILES string of the molecule is CN=C(NCC(=O)NC(C)(C)C)NC1CCN(CC(F)(F)F)C1.I. The van der Waals surface area contributed by atoms with Gasteiger partial charge >= 0.3 is 6.18 Å². The van der Waals surface area contributed by atoms with Crippen molar-refractivity contribution in [2.75, 3.05) is 33.2 Å². The van der Waals surface area contributed by atoms with Crippen LogP contribution in [0, 0.1) is 0 Å². The molecule has 142 valence electrons. The van der Waals surface area contributed by atoms with Crippen LogP contribution in [0.5, 0.6) is 0 Å². The number of guanidine groups is 1. The lowest BCUT2D eigenvalue weighted by molar-refractivity contribution is -0.143. The molecule has 0 saturated carbocycles. The average Bonchev–Trinajstić information content (AvgIpc) is 2.77. The summed E-state index contributed by atoms with van der Waals surface area (Å²) in [4.78, 5) is 17.1. The molecule has 0 aromatic carbocycles. The molecular weight excluding hydrogens is 438 g/mol.